The molecule has 2 atom stereocenters. The minimum Gasteiger partial charge on any atom is -0.333 e. The van der Waals surface area contributed by atoms with Gasteiger partial charge in [-0.3, -0.25) is 0 Å². The Bertz CT molecular complexity index is 71.9. The predicted octanol–water partition coefficient (Wildman–Crippen LogP) is 0.867. The van der Waals surface area contributed by atoms with Gasteiger partial charge in [-0.1, -0.05) is 6.08 Å². The molecule has 1 aliphatic heterocycles. The Kier molecular flexibility index (Phi) is 0.665. The van der Waals surface area contributed by atoms with Crippen LogP contribution >= 0.6 is 0 Å². The van der Waals surface area contributed by atoms with Crippen molar-refractivity contribution < 1.29 is 9.13 Å². The fourth-order valence-corrected chi connectivity index (χ4v) is 0.267. The van der Waals surface area contributed by atoms with Gasteiger partial charge in [-0.25, -0.2) is 4.39 Å². The van der Waals surface area contributed by atoms with Crippen LogP contribution in [-0.4, -0.2) is 12.5 Å². The fraction of sp³-hybridized carbons (Fsp3) is 0.500. The van der Waals surface area contributed by atoms with Gasteiger partial charge in [0, 0.05) is 0 Å². The van der Waals surface area contributed by atoms with Crippen molar-refractivity contribution in [3.05, 3.63) is 12.7 Å². The molecule has 1 nitrogen and oxygen atoms in total. The minimum absolute atomic E-state index is 0.301. The fourth-order valence-electron chi connectivity index (χ4n) is 0.267. The number of hydrogen-bond donors (Lipinski definition) is 0. The lowest BCUT2D eigenvalue weighted by molar-refractivity contribution is 0.267. The standard InChI is InChI=1S/C4H5FO/c1-2-3-4(5)6-3/h2-4H,1H2. The molecule has 1 saturated heterocycles. The van der Waals surface area contributed by atoms with E-state index in [1.165, 1.54) is 6.08 Å². The Morgan fingerprint density at radius 3 is 2.33 bits per heavy atom. The molecule has 1 fully saturated rings. The molecule has 1 aliphatic rings. The highest BCUT2D eigenvalue weighted by molar-refractivity contribution is 4.91. The van der Waals surface area contributed by atoms with E-state index in [9.17, 15) is 4.39 Å². The van der Waals surface area contributed by atoms with Gasteiger partial charge in [-0.15, -0.1) is 6.58 Å². The van der Waals surface area contributed by atoms with Crippen molar-refractivity contribution in [2.24, 2.45) is 0 Å². The summed E-state index contributed by atoms with van der Waals surface area (Å²) in [4.78, 5) is 0. The molecule has 0 aromatic heterocycles. The maximum atomic E-state index is 11.5. The molecule has 0 spiro atoms. The summed E-state index contributed by atoms with van der Waals surface area (Å²) in [5, 5.41) is 0. The van der Waals surface area contributed by atoms with Gasteiger partial charge in [0.05, 0.1) is 0 Å². The van der Waals surface area contributed by atoms with Gasteiger partial charge < -0.3 is 4.74 Å². The maximum Gasteiger partial charge on any atom is 0.229 e. The normalized spacial score (nSPS) is 42.2. The third-order valence-electron chi connectivity index (χ3n) is 0.701. The summed E-state index contributed by atoms with van der Waals surface area (Å²) in [5.74, 6) is 0. The van der Waals surface area contributed by atoms with Gasteiger partial charge in [0.25, 0.3) is 0 Å². The van der Waals surface area contributed by atoms with Crippen LogP contribution in [0.2, 0.25) is 0 Å². The first-order chi connectivity index (χ1) is 2.84. The molecule has 0 amide bonds. The molecular formula is C4H5FO. The molecule has 1 rings (SSSR count). The number of ether oxygens (including phenoxy) is 1. The van der Waals surface area contributed by atoms with E-state index < -0.39 is 6.36 Å². The average molecular weight is 88.1 g/mol. The highest BCUT2D eigenvalue weighted by Crippen LogP contribution is 2.22. The van der Waals surface area contributed by atoms with Crippen molar-refractivity contribution in [3.8, 4) is 0 Å². The van der Waals surface area contributed by atoms with Crippen LogP contribution in [0.15, 0.2) is 12.7 Å². The van der Waals surface area contributed by atoms with Crippen LogP contribution in [0.5, 0.6) is 0 Å². The molecule has 6 heavy (non-hydrogen) atoms. The molecule has 2 unspecified atom stereocenters. The third kappa shape index (κ3) is 0.431. The van der Waals surface area contributed by atoms with Crippen molar-refractivity contribution in [2.45, 2.75) is 12.5 Å². The second kappa shape index (κ2) is 1.05. The summed E-state index contributed by atoms with van der Waals surface area (Å²) < 4.78 is 15.8. The van der Waals surface area contributed by atoms with Crippen molar-refractivity contribution in [1.29, 1.82) is 0 Å². The van der Waals surface area contributed by atoms with Gasteiger partial charge in [0.2, 0.25) is 6.36 Å². The van der Waals surface area contributed by atoms with E-state index in [4.69, 9.17) is 0 Å². The second-order valence-electron chi connectivity index (χ2n) is 1.19. The Hall–Kier alpha value is -0.370. The van der Waals surface area contributed by atoms with E-state index in [2.05, 4.69) is 11.3 Å². The summed E-state index contributed by atoms with van der Waals surface area (Å²) >= 11 is 0. The number of alkyl halides is 1. The van der Waals surface area contributed by atoms with Gasteiger partial charge in [0.1, 0.15) is 6.10 Å². The SMILES string of the molecule is C=CC1OC1F. The maximum absolute atomic E-state index is 11.5. The van der Waals surface area contributed by atoms with Crippen LogP contribution in [0.3, 0.4) is 0 Å². The van der Waals surface area contributed by atoms with Crippen LogP contribution in [0.25, 0.3) is 0 Å². The minimum atomic E-state index is -1.05. The van der Waals surface area contributed by atoms with Crippen LogP contribution in [0, 0.1) is 0 Å². The third-order valence-corrected chi connectivity index (χ3v) is 0.701. The van der Waals surface area contributed by atoms with Crippen LogP contribution in [-0.2, 0) is 4.74 Å². The first-order valence-electron chi connectivity index (χ1n) is 1.76. The summed E-state index contributed by atoms with van der Waals surface area (Å²) in [6.45, 7) is 3.31. The van der Waals surface area contributed by atoms with E-state index in [0.717, 1.165) is 0 Å². The molecule has 0 radical (unpaired) electrons. The van der Waals surface area contributed by atoms with E-state index in [-0.39, 0.29) is 6.10 Å². The molecule has 0 bridgehead atoms. The monoisotopic (exact) mass is 88.0 g/mol. The molecule has 0 aromatic carbocycles. The van der Waals surface area contributed by atoms with Gasteiger partial charge in [0.15, 0.2) is 0 Å². The lowest BCUT2D eigenvalue weighted by Crippen LogP contribution is -1.75. The molecule has 0 aliphatic carbocycles. The predicted molar refractivity (Wildman–Crippen MR) is 20.0 cm³/mol. The Morgan fingerprint density at radius 1 is 1.83 bits per heavy atom. The molecule has 2 heteroatoms. The Labute approximate surface area is 35.4 Å². The highest BCUT2D eigenvalue weighted by atomic mass is 19.2. The van der Waals surface area contributed by atoms with E-state index >= 15 is 0 Å². The Morgan fingerprint density at radius 2 is 2.33 bits per heavy atom. The molecule has 0 aromatic rings. The number of hydrogen-bond acceptors (Lipinski definition) is 1. The zero-order valence-electron chi connectivity index (χ0n) is 3.23. The smallest absolute Gasteiger partial charge is 0.229 e. The molecule has 34 valence electrons. The molecule has 0 N–H and O–H groups in total. The van der Waals surface area contributed by atoms with Gasteiger partial charge in [-0.2, -0.15) is 0 Å². The van der Waals surface area contributed by atoms with Crippen molar-refractivity contribution >= 4 is 0 Å². The van der Waals surface area contributed by atoms with Crippen LogP contribution < -0.4 is 0 Å². The number of epoxide rings is 1. The highest BCUT2D eigenvalue weighted by Gasteiger charge is 2.35. The lowest BCUT2D eigenvalue weighted by Gasteiger charge is -1.61. The van der Waals surface area contributed by atoms with E-state index in [1.807, 2.05) is 0 Å². The van der Waals surface area contributed by atoms with E-state index in [0.29, 0.717) is 0 Å². The topological polar surface area (TPSA) is 12.5 Å². The molecule has 0 saturated carbocycles. The molecule has 1 heterocycles. The second-order valence-corrected chi connectivity index (χ2v) is 1.19. The molecular weight excluding hydrogens is 83.0 g/mol. The zero-order chi connectivity index (χ0) is 4.57. The summed E-state index contributed by atoms with van der Waals surface area (Å²) in [6, 6.07) is 0. The van der Waals surface area contributed by atoms with Crippen molar-refractivity contribution in [3.63, 3.8) is 0 Å². The van der Waals surface area contributed by atoms with Crippen LogP contribution in [0.1, 0.15) is 0 Å². The largest absolute Gasteiger partial charge is 0.333 e. The van der Waals surface area contributed by atoms with Gasteiger partial charge in [-0.05, 0) is 0 Å². The average Bonchev–Trinajstić information content (AvgIpc) is 2.19. The van der Waals surface area contributed by atoms with Crippen molar-refractivity contribution in [2.75, 3.05) is 0 Å². The summed E-state index contributed by atoms with van der Waals surface area (Å²) in [6.07, 6.45) is 0.0949. The Balaban J connectivity index is 2.25. The van der Waals surface area contributed by atoms with Crippen LogP contribution in [0.4, 0.5) is 4.39 Å². The zero-order valence-corrected chi connectivity index (χ0v) is 3.23. The quantitative estimate of drug-likeness (QED) is 0.342. The first-order valence-corrected chi connectivity index (χ1v) is 1.76. The number of rotatable bonds is 1. The number of halogens is 1. The lowest BCUT2D eigenvalue weighted by atomic mass is 10.5. The summed E-state index contributed by atoms with van der Waals surface area (Å²) in [7, 11) is 0. The first kappa shape index (κ1) is 3.81. The summed E-state index contributed by atoms with van der Waals surface area (Å²) in [5.41, 5.74) is 0. The van der Waals surface area contributed by atoms with Crippen molar-refractivity contribution in [1.82, 2.24) is 0 Å². The van der Waals surface area contributed by atoms with Gasteiger partial charge >= 0.3 is 0 Å². The van der Waals surface area contributed by atoms with E-state index in [1.54, 1.807) is 0 Å².